The number of carbonyl (C=O) groups excluding carboxylic acids is 3. The van der Waals surface area contributed by atoms with Gasteiger partial charge < -0.3 is 9.80 Å². The molecule has 0 N–H and O–H groups in total. The second-order valence-corrected chi connectivity index (χ2v) is 9.22. The van der Waals surface area contributed by atoms with E-state index in [4.69, 9.17) is 0 Å². The zero-order chi connectivity index (χ0) is 26.9. The molecule has 0 aromatic heterocycles. The summed E-state index contributed by atoms with van der Waals surface area (Å²) in [6.07, 6.45) is 2.52. The van der Waals surface area contributed by atoms with E-state index >= 15 is 0 Å². The Morgan fingerprint density at radius 3 is 2.32 bits per heavy atom. The van der Waals surface area contributed by atoms with E-state index in [9.17, 15) is 14.4 Å². The van der Waals surface area contributed by atoms with E-state index in [1.54, 1.807) is 25.9 Å². The third-order valence-electron chi connectivity index (χ3n) is 6.83. The standard InChI is InChI=1S/C28H34N4O3.C2H6/c1-4-17-30-20-27(34)31-24(18-23-13-11-21(3)12-14-23)28(35)29(5-2)19-25(31)32(30)26(33)16-15-22-9-7-6-8-10-22;1-2/h4,6-14,24-25H,1,5,15-20H2,2-3H3;1-2H3. The highest BCUT2D eigenvalue weighted by Gasteiger charge is 2.50. The molecule has 2 unspecified atom stereocenters. The zero-order valence-electron chi connectivity index (χ0n) is 22.6. The van der Waals surface area contributed by atoms with Crippen LogP contribution in [0.1, 0.15) is 43.9 Å². The van der Waals surface area contributed by atoms with Gasteiger partial charge in [-0.25, -0.2) is 10.0 Å². The smallest absolute Gasteiger partial charge is 0.245 e. The molecule has 0 saturated carbocycles. The van der Waals surface area contributed by atoms with Crippen molar-refractivity contribution >= 4 is 17.7 Å². The summed E-state index contributed by atoms with van der Waals surface area (Å²) in [7, 11) is 0. The van der Waals surface area contributed by atoms with Crippen molar-refractivity contribution in [3.05, 3.63) is 83.9 Å². The number of hydrazine groups is 1. The van der Waals surface area contributed by atoms with E-state index in [-0.39, 0.29) is 24.3 Å². The molecule has 0 aliphatic carbocycles. The summed E-state index contributed by atoms with van der Waals surface area (Å²) in [5.41, 5.74) is 3.22. The van der Waals surface area contributed by atoms with E-state index in [2.05, 4.69) is 6.58 Å². The first-order valence-corrected chi connectivity index (χ1v) is 13.3. The van der Waals surface area contributed by atoms with Crippen molar-refractivity contribution in [3.63, 3.8) is 0 Å². The van der Waals surface area contributed by atoms with Crippen molar-refractivity contribution in [1.82, 2.24) is 19.8 Å². The van der Waals surface area contributed by atoms with Gasteiger partial charge in [-0.3, -0.25) is 14.4 Å². The average Bonchev–Trinajstić information content (AvgIpc) is 2.92. The molecule has 0 spiro atoms. The van der Waals surface area contributed by atoms with Gasteiger partial charge in [0.1, 0.15) is 12.2 Å². The summed E-state index contributed by atoms with van der Waals surface area (Å²) in [5, 5.41) is 3.49. The minimum absolute atomic E-state index is 0.0450. The highest BCUT2D eigenvalue weighted by Crippen LogP contribution is 2.29. The molecule has 7 heteroatoms. The van der Waals surface area contributed by atoms with Crippen LogP contribution in [-0.2, 0) is 27.2 Å². The number of hydrogen-bond donors (Lipinski definition) is 0. The van der Waals surface area contributed by atoms with Crippen LogP contribution in [0.5, 0.6) is 0 Å². The number of fused-ring (bicyclic) bond motifs is 1. The molecule has 37 heavy (non-hydrogen) atoms. The average molecular weight is 505 g/mol. The number of piperazine rings is 1. The normalized spacial score (nSPS) is 19.7. The summed E-state index contributed by atoms with van der Waals surface area (Å²) in [6.45, 7) is 13.0. The second-order valence-electron chi connectivity index (χ2n) is 9.22. The SMILES string of the molecule is C=CCN1CC(=O)N2C(Cc3ccc(C)cc3)C(=O)N(CC)CC2N1C(=O)CCc1ccccc1.CC. The predicted molar refractivity (Wildman–Crippen MR) is 146 cm³/mol. The van der Waals surface area contributed by atoms with Gasteiger partial charge in [-0.1, -0.05) is 80.1 Å². The van der Waals surface area contributed by atoms with E-state index < -0.39 is 12.2 Å². The molecule has 0 bridgehead atoms. The van der Waals surface area contributed by atoms with E-state index in [0.29, 0.717) is 38.9 Å². The van der Waals surface area contributed by atoms with Crippen LogP contribution < -0.4 is 0 Å². The van der Waals surface area contributed by atoms with E-state index in [1.807, 2.05) is 82.3 Å². The monoisotopic (exact) mass is 504 g/mol. The van der Waals surface area contributed by atoms with Crippen LogP contribution in [0.25, 0.3) is 0 Å². The lowest BCUT2D eigenvalue weighted by Gasteiger charge is -2.55. The minimum Gasteiger partial charge on any atom is -0.337 e. The first-order valence-electron chi connectivity index (χ1n) is 13.3. The lowest BCUT2D eigenvalue weighted by atomic mass is 9.98. The van der Waals surface area contributed by atoms with Crippen molar-refractivity contribution in [2.45, 2.75) is 59.2 Å². The van der Waals surface area contributed by atoms with Crippen LogP contribution in [0.2, 0.25) is 0 Å². The number of aryl methyl sites for hydroxylation is 2. The van der Waals surface area contributed by atoms with Crippen LogP contribution in [0, 0.1) is 6.92 Å². The number of carbonyl (C=O) groups is 3. The highest BCUT2D eigenvalue weighted by atomic mass is 16.2. The van der Waals surface area contributed by atoms with Crippen LogP contribution >= 0.6 is 0 Å². The van der Waals surface area contributed by atoms with Crippen LogP contribution in [0.4, 0.5) is 0 Å². The molecule has 2 aromatic carbocycles. The number of rotatable bonds is 8. The van der Waals surface area contributed by atoms with Gasteiger partial charge in [0.25, 0.3) is 0 Å². The Balaban J connectivity index is 0.00000186. The Bertz CT molecular complexity index is 1070. The topological polar surface area (TPSA) is 64.2 Å². The third kappa shape index (κ3) is 6.46. The van der Waals surface area contributed by atoms with Gasteiger partial charge in [-0.2, -0.15) is 0 Å². The largest absolute Gasteiger partial charge is 0.337 e. The fraction of sp³-hybridized carbons (Fsp3) is 0.433. The predicted octanol–water partition coefficient (Wildman–Crippen LogP) is 3.83. The summed E-state index contributed by atoms with van der Waals surface area (Å²) >= 11 is 0. The van der Waals surface area contributed by atoms with Gasteiger partial charge in [0.05, 0.1) is 13.1 Å². The number of nitrogens with zero attached hydrogens (tertiary/aromatic N) is 4. The molecular weight excluding hydrogens is 464 g/mol. The van der Waals surface area contributed by atoms with E-state index in [1.165, 1.54) is 0 Å². The summed E-state index contributed by atoms with van der Waals surface area (Å²) in [4.78, 5) is 43.9. The van der Waals surface area contributed by atoms with Crippen LogP contribution in [0.15, 0.2) is 67.3 Å². The van der Waals surface area contributed by atoms with Crippen molar-refractivity contribution < 1.29 is 14.4 Å². The van der Waals surface area contributed by atoms with Crippen LogP contribution in [-0.4, -0.2) is 75.9 Å². The molecule has 2 aliphatic heterocycles. The van der Waals surface area contributed by atoms with E-state index in [0.717, 1.165) is 16.7 Å². The molecular formula is C30H40N4O3. The number of benzene rings is 2. The van der Waals surface area contributed by atoms with Crippen LogP contribution in [0.3, 0.4) is 0 Å². The lowest BCUT2D eigenvalue weighted by Crippen LogP contribution is -2.76. The van der Waals surface area contributed by atoms with Crippen molar-refractivity contribution in [2.75, 3.05) is 26.2 Å². The van der Waals surface area contributed by atoms with Crippen molar-refractivity contribution in [2.24, 2.45) is 0 Å². The van der Waals surface area contributed by atoms with Gasteiger partial charge in [0, 0.05) is 25.9 Å². The minimum atomic E-state index is -0.640. The number of hydrogen-bond acceptors (Lipinski definition) is 4. The molecule has 2 atom stereocenters. The van der Waals surface area contributed by atoms with Crippen molar-refractivity contribution in [3.8, 4) is 0 Å². The molecule has 2 saturated heterocycles. The van der Waals surface area contributed by atoms with Gasteiger partial charge in [0.2, 0.25) is 17.7 Å². The maximum absolute atomic E-state index is 13.6. The molecule has 2 heterocycles. The summed E-state index contributed by atoms with van der Waals surface area (Å²) < 4.78 is 0. The molecule has 2 aliphatic rings. The Hall–Kier alpha value is -3.45. The lowest BCUT2D eigenvalue weighted by molar-refractivity contribution is -0.204. The Morgan fingerprint density at radius 2 is 1.70 bits per heavy atom. The summed E-state index contributed by atoms with van der Waals surface area (Å²) in [5.74, 6) is -0.255. The molecule has 7 nitrogen and oxygen atoms in total. The first-order chi connectivity index (χ1) is 17.9. The van der Waals surface area contributed by atoms with Crippen molar-refractivity contribution in [1.29, 1.82) is 0 Å². The molecule has 4 rings (SSSR count). The third-order valence-corrected chi connectivity index (χ3v) is 6.83. The molecule has 2 fully saturated rings. The molecule has 3 amide bonds. The molecule has 198 valence electrons. The molecule has 2 aromatic rings. The zero-order valence-corrected chi connectivity index (χ0v) is 22.6. The number of likely N-dealkylation sites (N-methyl/N-ethyl adjacent to an activating group) is 1. The number of amides is 3. The maximum Gasteiger partial charge on any atom is 0.245 e. The summed E-state index contributed by atoms with van der Waals surface area (Å²) in [6, 6.07) is 17.3. The first kappa shape index (κ1) is 28.1. The van der Waals surface area contributed by atoms with Gasteiger partial charge in [-0.15, -0.1) is 6.58 Å². The second kappa shape index (κ2) is 13.2. The fourth-order valence-corrected chi connectivity index (χ4v) is 5.00. The van der Waals surface area contributed by atoms with Gasteiger partial charge >= 0.3 is 0 Å². The Morgan fingerprint density at radius 1 is 1.03 bits per heavy atom. The maximum atomic E-state index is 13.6. The Labute approximate surface area is 221 Å². The quantitative estimate of drug-likeness (QED) is 0.513. The fourth-order valence-electron chi connectivity index (χ4n) is 5.00. The van der Waals surface area contributed by atoms with Gasteiger partial charge in [0.15, 0.2) is 0 Å². The van der Waals surface area contributed by atoms with Gasteiger partial charge in [-0.05, 0) is 31.4 Å². The highest BCUT2D eigenvalue weighted by molar-refractivity contribution is 5.91. The molecule has 0 radical (unpaired) electrons. The Kier molecular flexibility index (Phi) is 10.0.